The molecule has 1 fully saturated rings. The van der Waals surface area contributed by atoms with Crippen molar-refractivity contribution in [3.05, 3.63) is 87.9 Å². The summed E-state index contributed by atoms with van der Waals surface area (Å²) in [7, 11) is 1.58. The molecule has 1 aromatic heterocycles. The molecule has 182 valence electrons. The van der Waals surface area contributed by atoms with Crippen LogP contribution in [0, 0.1) is 0 Å². The SMILES string of the molecule is CCOc1ccc(/C(O)=C2\C(=O)C(=O)N(c3nc4ccc(OC)cc4s3)C2c2ccc(Br)cc2)cc1. The summed E-state index contributed by atoms with van der Waals surface area (Å²) in [6.45, 7) is 2.39. The van der Waals surface area contributed by atoms with Gasteiger partial charge >= 0.3 is 5.91 Å². The van der Waals surface area contributed by atoms with E-state index in [1.807, 2.05) is 37.3 Å². The monoisotopic (exact) mass is 564 g/mol. The fourth-order valence-corrected chi connectivity index (χ4v) is 5.43. The fourth-order valence-electron chi connectivity index (χ4n) is 4.14. The van der Waals surface area contributed by atoms with Crippen LogP contribution in [-0.4, -0.2) is 35.5 Å². The largest absolute Gasteiger partial charge is 0.507 e. The highest BCUT2D eigenvalue weighted by molar-refractivity contribution is 9.10. The molecule has 1 saturated heterocycles. The van der Waals surface area contributed by atoms with Crippen molar-refractivity contribution in [3.63, 3.8) is 0 Å². The number of thiazole rings is 1. The number of nitrogens with zero attached hydrogens (tertiary/aromatic N) is 2. The van der Waals surface area contributed by atoms with Crippen LogP contribution in [0.2, 0.25) is 0 Å². The van der Waals surface area contributed by atoms with Gasteiger partial charge in [-0.05, 0) is 67.1 Å². The van der Waals surface area contributed by atoms with Crippen LogP contribution in [0.5, 0.6) is 11.5 Å². The quantitative estimate of drug-likeness (QED) is 0.173. The van der Waals surface area contributed by atoms with Crippen molar-refractivity contribution in [3.8, 4) is 11.5 Å². The van der Waals surface area contributed by atoms with Crippen LogP contribution in [0.4, 0.5) is 5.13 Å². The molecular formula is C27H21BrN2O5S. The number of fused-ring (bicyclic) bond motifs is 1. The van der Waals surface area contributed by atoms with Crippen LogP contribution in [-0.2, 0) is 9.59 Å². The Bertz CT molecular complexity index is 1500. The number of hydrogen-bond donors (Lipinski definition) is 1. The van der Waals surface area contributed by atoms with E-state index in [1.54, 1.807) is 43.5 Å². The van der Waals surface area contributed by atoms with Gasteiger partial charge in [0.05, 0.1) is 35.5 Å². The van der Waals surface area contributed by atoms with Crippen molar-refractivity contribution in [1.82, 2.24) is 4.98 Å². The first-order chi connectivity index (χ1) is 17.4. The number of ketones is 1. The van der Waals surface area contributed by atoms with Gasteiger partial charge < -0.3 is 14.6 Å². The third-order valence-electron chi connectivity index (χ3n) is 5.86. The van der Waals surface area contributed by atoms with E-state index in [9.17, 15) is 14.7 Å². The Labute approximate surface area is 219 Å². The molecule has 5 rings (SSSR count). The van der Waals surface area contributed by atoms with Gasteiger partial charge in [0.25, 0.3) is 5.78 Å². The van der Waals surface area contributed by atoms with Crippen LogP contribution in [0.15, 0.2) is 76.8 Å². The lowest BCUT2D eigenvalue weighted by atomic mass is 9.95. The highest BCUT2D eigenvalue weighted by Gasteiger charge is 2.48. The predicted octanol–water partition coefficient (Wildman–Crippen LogP) is 6.09. The number of aromatic nitrogens is 1. The molecule has 1 amide bonds. The standard InChI is InChI=1S/C27H21BrN2O5S/c1-3-35-18-10-6-16(7-11-18)24(31)22-23(15-4-8-17(28)9-5-15)30(26(33)25(22)32)27-29-20-13-12-19(34-2)14-21(20)36-27/h4-14,23,31H,3H2,1-2H3/b24-22+. The lowest BCUT2D eigenvalue weighted by Crippen LogP contribution is -2.29. The number of rotatable bonds is 6. The summed E-state index contributed by atoms with van der Waals surface area (Å²) < 4.78 is 12.4. The van der Waals surface area contributed by atoms with E-state index in [2.05, 4.69) is 20.9 Å². The number of benzene rings is 3. The van der Waals surface area contributed by atoms with Crippen molar-refractivity contribution in [1.29, 1.82) is 0 Å². The number of ether oxygens (including phenoxy) is 2. The van der Waals surface area contributed by atoms with Crippen LogP contribution >= 0.6 is 27.3 Å². The van der Waals surface area contributed by atoms with Gasteiger partial charge in [0, 0.05) is 10.0 Å². The first-order valence-corrected chi connectivity index (χ1v) is 12.8. The molecular weight excluding hydrogens is 544 g/mol. The van der Waals surface area contributed by atoms with Crippen molar-refractivity contribution in [2.75, 3.05) is 18.6 Å². The van der Waals surface area contributed by atoms with Crippen LogP contribution in [0.1, 0.15) is 24.1 Å². The minimum absolute atomic E-state index is 0.00307. The Morgan fingerprint density at radius 2 is 1.75 bits per heavy atom. The number of aliphatic hydroxyl groups excluding tert-OH is 1. The second-order valence-corrected chi connectivity index (χ2v) is 9.93. The second-order valence-electron chi connectivity index (χ2n) is 8.01. The highest BCUT2D eigenvalue weighted by Crippen LogP contribution is 2.44. The first kappa shape index (κ1) is 24.0. The van der Waals surface area contributed by atoms with Gasteiger partial charge in [-0.3, -0.25) is 14.5 Å². The van der Waals surface area contributed by atoms with Gasteiger partial charge in [-0.2, -0.15) is 0 Å². The summed E-state index contributed by atoms with van der Waals surface area (Å²) in [5.74, 6) is -0.467. The molecule has 0 radical (unpaired) electrons. The summed E-state index contributed by atoms with van der Waals surface area (Å²) in [4.78, 5) is 32.7. The van der Waals surface area contributed by atoms with Gasteiger partial charge in [0.1, 0.15) is 17.3 Å². The van der Waals surface area contributed by atoms with Gasteiger partial charge in [-0.25, -0.2) is 4.98 Å². The number of hydrogen-bond acceptors (Lipinski definition) is 7. The Balaban J connectivity index is 1.67. The van der Waals surface area contributed by atoms with E-state index in [4.69, 9.17) is 9.47 Å². The van der Waals surface area contributed by atoms with Crippen molar-refractivity contribution in [2.24, 2.45) is 0 Å². The third kappa shape index (κ3) is 4.25. The number of amides is 1. The Morgan fingerprint density at radius 1 is 1.06 bits per heavy atom. The minimum Gasteiger partial charge on any atom is -0.507 e. The molecule has 0 saturated carbocycles. The van der Waals surface area contributed by atoms with Gasteiger partial charge in [0.15, 0.2) is 5.13 Å². The molecule has 36 heavy (non-hydrogen) atoms. The van der Waals surface area contributed by atoms with E-state index in [1.165, 1.54) is 16.2 Å². The summed E-state index contributed by atoms with van der Waals surface area (Å²) in [6, 6.07) is 18.6. The van der Waals surface area contributed by atoms with E-state index in [-0.39, 0.29) is 11.3 Å². The normalized spacial score (nSPS) is 17.1. The molecule has 1 unspecified atom stereocenters. The average molecular weight is 565 g/mol. The third-order valence-corrected chi connectivity index (χ3v) is 7.41. The van der Waals surface area contributed by atoms with Crippen molar-refractivity contribution < 1.29 is 24.2 Å². The maximum atomic E-state index is 13.4. The Morgan fingerprint density at radius 3 is 2.42 bits per heavy atom. The smallest absolute Gasteiger partial charge is 0.301 e. The molecule has 2 heterocycles. The molecule has 4 aromatic rings. The fraction of sp³-hybridized carbons (Fsp3) is 0.148. The molecule has 1 N–H and O–H groups in total. The van der Waals surface area contributed by atoms with Crippen LogP contribution in [0.3, 0.4) is 0 Å². The number of Topliss-reactive ketones (excluding diaryl/α,β-unsaturated/α-hetero) is 1. The number of methoxy groups -OCH3 is 1. The Kier molecular flexibility index (Phi) is 6.51. The average Bonchev–Trinajstić information content (AvgIpc) is 3.42. The predicted molar refractivity (Wildman–Crippen MR) is 143 cm³/mol. The molecule has 1 aliphatic rings. The molecule has 1 atom stereocenters. The van der Waals surface area contributed by atoms with E-state index >= 15 is 0 Å². The number of carbonyl (C=O) groups excluding carboxylic acids is 2. The zero-order valence-corrected chi connectivity index (χ0v) is 21.8. The topological polar surface area (TPSA) is 89.0 Å². The lowest BCUT2D eigenvalue weighted by Gasteiger charge is -2.23. The zero-order valence-electron chi connectivity index (χ0n) is 19.4. The minimum atomic E-state index is -0.855. The van der Waals surface area contributed by atoms with E-state index in [0.717, 1.165) is 9.17 Å². The summed E-state index contributed by atoms with van der Waals surface area (Å²) in [5.41, 5.74) is 1.76. The van der Waals surface area contributed by atoms with E-state index in [0.29, 0.717) is 39.9 Å². The summed E-state index contributed by atoms with van der Waals surface area (Å²) >= 11 is 4.71. The van der Waals surface area contributed by atoms with Gasteiger partial charge in [-0.1, -0.05) is 39.4 Å². The molecule has 0 aliphatic carbocycles. The van der Waals surface area contributed by atoms with Crippen molar-refractivity contribution >= 4 is 60.1 Å². The second kappa shape index (κ2) is 9.75. The highest BCUT2D eigenvalue weighted by atomic mass is 79.9. The molecule has 0 spiro atoms. The maximum Gasteiger partial charge on any atom is 0.301 e. The van der Waals surface area contributed by atoms with Crippen LogP contribution < -0.4 is 14.4 Å². The molecule has 3 aromatic carbocycles. The Hall–Kier alpha value is -3.69. The lowest BCUT2D eigenvalue weighted by molar-refractivity contribution is -0.132. The molecule has 7 nitrogen and oxygen atoms in total. The van der Waals surface area contributed by atoms with Crippen LogP contribution in [0.25, 0.3) is 16.0 Å². The number of halogens is 1. The molecule has 0 bridgehead atoms. The molecule has 9 heteroatoms. The van der Waals surface area contributed by atoms with Crippen molar-refractivity contribution in [2.45, 2.75) is 13.0 Å². The maximum absolute atomic E-state index is 13.4. The van der Waals surface area contributed by atoms with Gasteiger partial charge in [-0.15, -0.1) is 0 Å². The first-order valence-electron chi connectivity index (χ1n) is 11.2. The van der Waals surface area contributed by atoms with E-state index < -0.39 is 17.7 Å². The summed E-state index contributed by atoms with van der Waals surface area (Å²) in [5, 5.41) is 11.6. The zero-order chi connectivity index (χ0) is 25.4. The van der Waals surface area contributed by atoms with Gasteiger partial charge in [0.2, 0.25) is 0 Å². The number of aliphatic hydroxyl groups is 1. The molecule has 1 aliphatic heterocycles. The summed E-state index contributed by atoms with van der Waals surface area (Å²) in [6.07, 6.45) is 0. The number of anilines is 1. The number of carbonyl (C=O) groups is 2.